The fraction of sp³-hybridized carbons (Fsp3) is 0.444. The Hall–Kier alpha value is -3.22. The number of hydrogen-bond acceptors (Lipinski definition) is 5. The molecule has 2 aliphatic heterocycles. The van der Waals surface area contributed by atoms with Gasteiger partial charge in [-0.1, -0.05) is 24.3 Å². The van der Waals surface area contributed by atoms with Crippen LogP contribution < -0.4 is 9.64 Å². The molecular formula is C27H33FN4O2. The summed E-state index contributed by atoms with van der Waals surface area (Å²) in [5.41, 5.74) is 1.80. The minimum atomic E-state index is -0.709. The molecule has 0 aromatic heterocycles. The average molecular weight is 465 g/mol. The van der Waals surface area contributed by atoms with E-state index in [1.54, 1.807) is 30.2 Å². The molecule has 1 fully saturated rings. The van der Waals surface area contributed by atoms with Crippen LogP contribution >= 0.6 is 0 Å². The van der Waals surface area contributed by atoms with Gasteiger partial charge in [-0.05, 0) is 58.2 Å². The summed E-state index contributed by atoms with van der Waals surface area (Å²) in [5, 5.41) is 0. The SMILES string of the molecule is COc1cccc(N(C(=O)C2C(C)=NC(N3CCCCC3)=NC2c2ccccc2F)C(C)C)c1. The fourth-order valence-electron chi connectivity index (χ4n) is 4.80. The summed E-state index contributed by atoms with van der Waals surface area (Å²) in [4.78, 5) is 27.7. The van der Waals surface area contributed by atoms with E-state index in [2.05, 4.69) is 4.90 Å². The normalized spacial score (nSPS) is 20.6. The first-order valence-electron chi connectivity index (χ1n) is 12.0. The van der Waals surface area contributed by atoms with Crippen LogP contribution in [0.4, 0.5) is 10.1 Å². The smallest absolute Gasteiger partial charge is 0.238 e. The third-order valence-electron chi connectivity index (χ3n) is 6.51. The van der Waals surface area contributed by atoms with E-state index in [9.17, 15) is 4.79 Å². The van der Waals surface area contributed by atoms with Crippen molar-refractivity contribution in [3.05, 3.63) is 59.9 Å². The average Bonchev–Trinajstić information content (AvgIpc) is 2.84. The van der Waals surface area contributed by atoms with Gasteiger partial charge in [0, 0.05) is 42.2 Å². The van der Waals surface area contributed by atoms with Gasteiger partial charge in [0.05, 0.1) is 13.2 Å². The zero-order chi connectivity index (χ0) is 24.2. The zero-order valence-electron chi connectivity index (χ0n) is 20.4. The molecule has 2 aliphatic rings. The second-order valence-electron chi connectivity index (χ2n) is 9.18. The van der Waals surface area contributed by atoms with Gasteiger partial charge in [0.15, 0.2) is 0 Å². The number of piperidine rings is 1. The molecule has 180 valence electrons. The molecule has 0 spiro atoms. The maximum Gasteiger partial charge on any atom is 0.238 e. The van der Waals surface area contributed by atoms with Crippen molar-refractivity contribution in [1.82, 2.24) is 4.90 Å². The molecule has 6 nitrogen and oxygen atoms in total. The van der Waals surface area contributed by atoms with E-state index in [-0.39, 0.29) is 17.8 Å². The molecule has 2 atom stereocenters. The summed E-state index contributed by atoms with van der Waals surface area (Å²) in [6.45, 7) is 7.54. The molecule has 0 aliphatic carbocycles. The highest BCUT2D eigenvalue weighted by Gasteiger charge is 2.40. The summed E-state index contributed by atoms with van der Waals surface area (Å²) in [6, 6.07) is 13.2. The van der Waals surface area contributed by atoms with Crippen LogP contribution in [0.15, 0.2) is 58.5 Å². The van der Waals surface area contributed by atoms with Crippen LogP contribution in [0, 0.1) is 11.7 Å². The third kappa shape index (κ3) is 4.83. The fourth-order valence-corrected chi connectivity index (χ4v) is 4.80. The molecule has 2 aromatic rings. The van der Waals surface area contributed by atoms with Crippen molar-refractivity contribution in [2.45, 2.75) is 52.1 Å². The van der Waals surface area contributed by atoms with E-state index >= 15 is 4.39 Å². The van der Waals surface area contributed by atoms with Crippen LogP contribution in [-0.2, 0) is 4.79 Å². The van der Waals surface area contributed by atoms with Gasteiger partial charge in [0.1, 0.15) is 17.5 Å². The highest BCUT2D eigenvalue weighted by molar-refractivity contribution is 6.14. The summed E-state index contributed by atoms with van der Waals surface area (Å²) in [5.74, 6) is 0.0467. The molecular weight excluding hydrogens is 431 g/mol. The Morgan fingerprint density at radius 1 is 1.12 bits per heavy atom. The molecule has 34 heavy (non-hydrogen) atoms. The Labute approximate surface area is 201 Å². The minimum Gasteiger partial charge on any atom is -0.497 e. The number of anilines is 1. The Morgan fingerprint density at radius 3 is 2.53 bits per heavy atom. The van der Waals surface area contributed by atoms with Crippen molar-refractivity contribution in [3.63, 3.8) is 0 Å². The maximum absolute atomic E-state index is 15.0. The Morgan fingerprint density at radius 2 is 1.85 bits per heavy atom. The maximum atomic E-state index is 15.0. The predicted molar refractivity (Wildman–Crippen MR) is 134 cm³/mol. The number of carbonyl (C=O) groups is 1. The van der Waals surface area contributed by atoms with Crippen LogP contribution in [0.1, 0.15) is 51.6 Å². The standard InChI is InChI=1S/C27H33FN4O2/c1-18(2)32(20-11-10-12-21(17-20)34-4)26(33)24-19(3)29-27(31-15-8-5-9-16-31)30-25(24)22-13-6-7-14-23(22)28/h6-7,10-14,17-18,24-25H,5,8-9,15-16H2,1-4H3. The molecule has 0 radical (unpaired) electrons. The molecule has 7 heteroatoms. The van der Waals surface area contributed by atoms with E-state index in [0.717, 1.165) is 31.6 Å². The van der Waals surface area contributed by atoms with E-state index < -0.39 is 12.0 Å². The first-order chi connectivity index (χ1) is 16.4. The highest BCUT2D eigenvalue weighted by atomic mass is 19.1. The first-order valence-corrected chi connectivity index (χ1v) is 12.0. The number of amides is 1. The van der Waals surface area contributed by atoms with Crippen LogP contribution in [0.2, 0.25) is 0 Å². The van der Waals surface area contributed by atoms with Crippen LogP contribution in [0.5, 0.6) is 5.75 Å². The van der Waals surface area contributed by atoms with Gasteiger partial charge < -0.3 is 14.5 Å². The number of nitrogens with zero attached hydrogens (tertiary/aromatic N) is 4. The number of ether oxygens (including phenoxy) is 1. The highest BCUT2D eigenvalue weighted by Crippen LogP contribution is 2.36. The van der Waals surface area contributed by atoms with E-state index in [1.807, 2.05) is 45.0 Å². The van der Waals surface area contributed by atoms with Gasteiger partial charge in [-0.25, -0.2) is 14.4 Å². The molecule has 1 saturated heterocycles. The summed E-state index contributed by atoms with van der Waals surface area (Å²) < 4.78 is 20.4. The summed E-state index contributed by atoms with van der Waals surface area (Å²) in [6.07, 6.45) is 3.35. The van der Waals surface area contributed by atoms with Crippen molar-refractivity contribution in [2.75, 3.05) is 25.1 Å². The summed E-state index contributed by atoms with van der Waals surface area (Å²) >= 11 is 0. The first kappa shape index (κ1) is 23.9. The minimum absolute atomic E-state index is 0.124. The third-order valence-corrected chi connectivity index (χ3v) is 6.51. The predicted octanol–water partition coefficient (Wildman–Crippen LogP) is 5.25. The van der Waals surface area contributed by atoms with E-state index in [0.29, 0.717) is 23.0 Å². The Bertz CT molecular complexity index is 1090. The number of carbonyl (C=O) groups excluding carboxylic acids is 1. The van der Waals surface area contributed by atoms with Crippen LogP contribution in [-0.4, -0.2) is 48.7 Å². The number of aliphatic imine (C=N–C) groups is 2. The number of hydrogen-bond donors (Lipinski definition) is 0. The van der Waals surface area contributed by atoms with E-state index in [4.69, 9.17) is 14.7 Å². The van der Waals surface area contributed by atoms with Crippen LogP contribution in [0.3, 0.4) is 0 Å². The molecule has 0 bridgehead atoms. The number of guanidine groups is 1. The van der Waals surface area contributed by atoms with Gasteiger partial charge in [0.2, 0.25) is 11.9 Å². The number of likely N-dealkylation sites (tertiary alicyclic amines) is 1. The number of halogens is 1. The monoisotopic (exact) mass is 464 g/mol. The largest absolute Gasteiger partial charge is 0.497 e. The van der Waals surface area contributed by atoms with Crippen LogP contribution in [0.25, 0.3) is 0 Å². The zero-order valence-corrected chi connectivity index (χ0v) is 20.4. The van der Waals surface area contributed by atoms with Gasteiger partial charge in [-0.3, -0.25) is 4.79 Å². The lowest BCUT2D eigenvalue weighted by atomic mass is 9.87. The van der Waals surface area contributed by atoms with Crippen molar-refractivity contribution in [1.29, 1.82) is 0 Å². The summed E-state index contributed by atoms with van der Waals surface area (Å²) in [7, 11) is 1.60. The number of methoxy groups -OCH3 is 1. The molecule has 2 heterocycles. The van der Waals surface area contributed by atoms with Gasteiger partial charge in [0.25, 0.3) is 0 Å². The molecule has 1 amide bonds. The molecule has 4 rings (SSSR count). The molecule has 2 aromatic carbocycles. The second kappa shape index (κ2) is 10.4. The van der Waals surface area contributed by atoms with E-state index in [1.165, 1.54) is 12.5 Å². The Balaban J connectivity index is 1.77. The quantitative estimate of drug-likeness (QED) is 0.607. The number of rotatable bonds is 5. The topological polar surface area (TPSA) is 57.5 Å². The molecule has 0 N–H and O–H groups in total. The lowest BCUT2D eigenvalue weighted by Crippen LogP contribution is -2.47. The lowest BCUT2D eigenvalue weighted by Gasteiger charge is -2.37. The Kier molecular flexibility index (Phi) is 7.29. The second-order valence-corrected chi connectivity index (χ2v) is 9.18. The van der Waals surface area contributed by atoms with Gasteiger partial charge in [-0.2, -0.15) is 0 Å². The number of benzene rings is 2. The van der Waals surface area contributed by atoms with Crippen molar-refractivity contribution in [2.24, 2.45) is 15.9 Å². The molecule has 2 unspecified atom stereocenters. The lowest BCUT2D eigenvalue weighted by molar-refractivity contribution is -0.121. The van der Waals surface area contributed by atoms with Crippen molar-refractivity contribution >= 4 is 23.3 Å². The van der Waals surface area contributed by atoms with Crippen molar-refractivity contribution in [3.8, 4) is 5.75 Å². The molecule has 0 saturated carbocycles. The van der Waals surface area contributed by atoms with Gasteiger partial charge >= 0.3 is 0 Å². The van der Waals surface area contributed by atoms with Gasteiger partial charge in [-0.15, -0.1) is 0 Å². The van der Waals surface area contributed by atoms with Crippen molar-refractivity contribution < 1.29 is 13.9 Å².